The lowest BCUT2D eigenvalue weighted by Crippen LogP contribution is -2.29. The average Bonchev–Trinajstić information content (AvgIpc) is 3.01. The van der Waals surface area contributed by atoms with Gasteiger partial charge in [-0.1, -0.05) is 53.6 Å². The van der Waals surface area contributed by atoms with Crippen LogP contribution in [0.5, 0.6) is 0 Å². The predicted molar refractivity (Wildman–Crippen MR) is 89.2 cm³/mol. The standard InChI is InChI=1S/C18H14Cl2FN/c19-15-9-8-14-12-2-1-3-13(12)17(22-18(14)16(15)20)10-4-6-11(21)7-5-10/h1-2,4-9,12-13,17,22H,3H2/t12-,13+,17+/m0/s1. The van der Waals surface area contributed by atoms with E-state index in [1.54, 1.807) is 0 Å². The van der Waals surface area contributed by atoms with Crippen molar-refractivity contribution in [3.63, 3.8) is 0 Å². The third kappa shape index (κ3) is 2.13. The molecule has 4 heteroatoms. The molecule has 2 aromatic rings. The number of hydrogen-bond donors (Lipinski definition) is 1. The van der Waals surface area contributed by atoms with Gasteiger partial charge < -0.3 is 5.32 Å². The first-order valence-electron chi connectivity index (χ1n) is 7.31. The highest BCUT2D eigenvalue weighted by Crippen LogP contribution is 2.52. The molecule has 0 bridgehead atoms. The first-order chi connectivity index (χ1) is 10.6. The highest BCUT2D eigenvalue weighted by molar-refractivity contribution is 6.43. The van der Waals surface area contributed by atoms with E-state index in [-0.39, 0.29) is 11.9 Å². The van der Waals surface area contributed by atoms with Gasteiger partial charge in [-0.15, -0.1) is 0 Å². The van der Waals surface area contributed by atoms with E-state index in [1.165, 1.54) is 17.7 Å². The topological polar surface area (TPSA) is 12.0 Å². The second kappa shape index (κ2) is 5.29. The molecule has 1 nitrogen and oxygen atoms in total. The molecule has 0 fully saturated rings. The van der Waals surface area contributed by atoms with Crippen LogP contribution in [-0.2, 0) is 0 Å². The van der Waals surface area contributed by atoms with Gasteiger partial charge in [0.2, 0.25) is 0 Å². The van der Waals surface area contributed by atoms with Gasteiger partial charge in [0.05, 0.1) is 21.8 Å². The molecule has 1 heterocycles. The summed E-state index contributed by atoms with van der Waals surface area (Å²) in [6, 6.07) is 10.7. The number of benzene rings is 2. The fourth-order valence-corrected chi connectivity index (χ4v) is 3.99. The maximum absolute atomic E-state index is 13.2. The van der Waals surface area contributed by atoms with Crippen molar-refractivity contribution in [2.45, 2.75) is 18.4 Å². The Hall–Kier alpha value is -1.51. The van der Waals surface area contributed by atoms with Crippen LogP contribution < -0.4 is 5.32 Å². The van der Waals surface area contributed by atoms with Crippen LogP contribution in [0.15, 0.2) is 48.6 Å². The molecule has 22 heavy (non-hydrogen) atoms. The highest BCUT2D eigenvalue weighted by Gasteiger charge is 2.38. The van der Waals surface area contributed by atoms with Gasteiger partial charge in [0, 0.05) is 5.92 Å². The fraction of sp³-hybridized carbons (Fsp3) is 0.222. The molecule has 2 aromatic carbocycles. The lowest BCUT2D eigenvalue weighted by Gasteiger charge is -2.38. The smallest absolute Gasteiger partial charge is 0.123 e. The minimum absolute atomic E-state index is 0.101. The Morgan fingerprint density at radius 3 is 2.59 bits per heavy atom. The Bertz CT molecular complexity index is 754. The molecule has 0 saturated heterocycles. The summed E-state index contributed by atoms with van der Waals surface area (Å²) >= 11 is 12.6. The molecule has 2 aliphatic rings. The SMILES string of the molecule is Fc1ccc([C@H]2Nc3c(ccc(Cl)c3Cl)[C@H]3C=CC[C@H]32)cc1. The third-order valence-corrected chi connectivity index (χ3v) is 5.46. The van der Waals surface area contributed by atoms with Gasteiger partial charge in [-0.05, 0) is 41.7 Å². The zero-order valence-corrected chi connectivity index (χ0v) is 13.2. The van der Waals surface area contributed by atoms with Gasteiger partial charge in [0.25, 0.3) is 0 Å². The number of anilines is 1. The van der Waals surface area contributed by atoms with E-state index in [1.807, 2.05) is 24.3 Å². The van der Waals surface area contributed by atoms with E-state index in [2.05, 4.69) is 17.5 Å². The second-order valence-corrected chi connectivity index (χ2v) is 6.64. The average molecular weight is 334 g/mol. The molecule has 0 spiro atoms. The maximum atomic E-state index is 13.2. The normalized spacial score (nSPS) is 25.5. The van der Waals surface area contributed by atoms with Crippen molar-refractivity contribution in [2.24, 2.45) is 5.92 Å². The fourth-order valence-electron chi connectivity index (χ4n) is 3.60. The molecule has 1 aliphatic heterocycles. The van der Waals surface area contributed by atoms with Crippen molar-refractivity contribution in [3.05, 3.63) is 75.5 Å². The molecule has 0 unspecified atom stereocenters. The Labute approximate surface area is 138 Å². The molecule has 3 atom stereocenters. The lowest BCUT2D eigenvalue weighted by molar-refractivity contribution is 0.425. The maximum Gasteiger partial charge on any atom is 0.123 e. The molecule has 0 saturated carbocycles. The minimum atomic E-state index is -0.220. The van der Waals surface area contributed by atoms with E-state index >= 15 is 0 Å². The van der Waals surface area contributed by atoms with Gasteiger partial charge in [-0.3, -0.25) is 0 Å². The van der Waals surface area contributed by atoms with Crippen molar-refractivity contribution in [1.82, 2.24) is 0 Å². The molecule has 0 radical (unpaired) electrons. The van der Waals surface area contributed by atoms with Crippen LogP contribution in [0, 0.1) is 11.7 Å². The first kappa shape index (κ1) is 14.1. The summed E-state index contributed by atoms with van der Waals surface area (Å²) < 4.78 is 13.2. The summed E-state index contributed by atoms with van der Waals surface area (Å²) in [7, 11) is 0. The number of nitrogens with one attached hydrogen (secondary N) is 1. The van der Waals surface area contributed by atoms with Gasteiger partial charge in [0.15, 0.2) is 0 Å². The summed E-state index contributed by atoms with van der Waals surface area (Å²) in [5.74, 6) is 0.512. The van der Waals surface area contributed by atoms with Crippen molar-refractivity contribution in [3.8, 4) is 0 Å². The quantitative estimate of drug-likeness (QED) is 0.635. The van der Waals surface area contributed by atoms with Crippen LogP contribution in [0.4, 0.5) is 10.1 Å². The third-order valence-electron chi connectivity index (χ3n) is 4.66. The Balaban J connectivity index is 1.82. The molecule has 0 aromatic heterocycles. The number of rotatable bonds is 1. The number of fused-ring (bicyclic) bond motifs is 3. The molecule has 0 amide bonds. The van der Waals surface area contributed by atoms with Crippen LogP contribution >= 0.6 is 23.2 Å². The lowest BCUT2D eigenvalue weighted by atomic mass is 9.77. The van der Waals surface area contributed by atoms with E-state index in [9.17, 15) is 4.39 Å². The molecule has 4 rings (SSSR count). The molecular weight excluding hydrogens is 320 g/mol. The van der Waals surface area contributed by atoms with Crippen LogP contribution in [0.2, 0.25) is 10.0 Å². The highest BCUT2D eigenvalue weighted by atomic mass is 35.5. The first-order valence-corrected chi connectivity index (χ1v) is 8.07. The van der Waals surface area contributed by atoms with E-state index in [0.717, 1.165) is 17.7 Å². The van der Waals surface area contributed by atoms with Crippen LogP contribution in [-0.4, -0.2) is 0 Å². The summed E-state index contributed by atoms with van der Waals surface area (Å²) in [4.78, 5) is 0. The number of allylic oxidation sites excluding steroid dienone is 2. The summed E-state index contributed by atoms with van der Waals surface area (Å²) in [5.41, 5.74) is 3.16. The summed E-state index contributed by atoms with van der Waals surface area (Å²) in [6.07, 6.45) is 5.45. The monoisotopic (exact) mass is 333 g/mol. The number of hydrogen-bond acceptors (Lipinski definition) is 1. The second-order valence-electron chi connectivity index (χ2n) is 5.85. The number of halogens is 3. The van der Waals surface area contributed by atoms with Crippen LogP contribution in [0.1, 0.15) is 29.5 Å². The van der Waals surface area contributed by atoms with Gasteiger partial charge >= 0.3 is 0 Å². The van der Waals surface area contributed by atoms with E-state index < -0.39 is 0 Å². The van der Waals surface area contributed by atoms with E-state index in [0.29, 0.717) is 21.9 Å². The van der Waals surface area contributed by atoms with Crippen molar-refractivity contribution in [2.75, 3.05) is 5.32 Å². The Kier molecular flexibility index (Phi) is 3.39. The molecular formula is C18H14Cl2FN. The minimum Gasteiger partial charge on any atom is -0.376 e. The Morgan fingerprint density at radius 1 is 1.05 bits per heavy atom. The van der Waals surface area contributed by atoms with E-state index in [4.69, 9.17) is 23.2 Å². The molecule has 112 valence electrons. The van der Waals surface area contributed by atoms with Crippen molar-refractivity contribution in [1.29, 1.82) is 0 Å². The van der Waals surface area contributed by atoms with Gasteiger partial charge in [-0.25, -0.2) is 4.39 Å². The van der Waals surface area contributed by atoms with Gasteiger partial charge in [-0.2, -0.15) is 0 Å². The van der Waals surface area contributed by atoms with Crippen LogP contribution in [0.3, 0.4) is 0 Å². The Morgan fingerprint density at radius 2 is 1.82 bits per heavy atom. The van der Waals surface area contributed by atoms with Crippen molar-refractivity contribution >= 4 is 28.9 Å². The van der Waals surface area contributed by atoms with Crippen LogP contribution in [0.25, 0.3) is 0 Å². The molecule has 1 N–H and O–H groups in total. The predicted octanol–water partition coefficient (Wildman–Crippen LogP) is 5.96. The van der Waals surface area contributed by atoms with Gasteiger partial charge in [0.1, 0.15) is 5.82 Å². The van der Waals surface area contributed by atoms with Crippen molar-refractivity contribution < 1.29 is 4.39 Å². The molecule has 1 aliphatic carbocycles. The zero-order valence-electron chi connectivity index (χ0n) is 11.7. The zero-order chi connectivity index (χ0) is 15.3. The summed E-state index contributed by atoms with van der Waals surface area (Å²) in [6.45, 7) is 0. The summed E-state index contributed by atoms with van der Waals surface area (Å²) in [5, 5.41) is 4.64. The largest absolute Gasteiger partial charge is 0.376 e.